The van der Waals surface area contributed by atoms with Crippen molar-refractivity contribution < 1.29 is 14.1 Å². The van der Waals surface area contributed by atoms with Crippen molar-refractivity contribution >= 4 is 23.2 Å². The molecule has 2 aromatic rings. The van der Waals surface area contributed by atoms with Gasteiger partial charge in [0.25, 0.3) is 0 Å². The van der Waals surface area contributed by atoms with E-state index in [1.165, 1.54) is 11.3 Å². The molecule has 0 radical (unpaired) electrons. The van der Waals surface area contributed by atoms with Gasteiger partial charge in [-0.2, -0.15) is 4.98 Å². The van der Waals surface area contributed by atoms with E-state index in [4.69, 9.17) is 4.52 Å². The summed E-state index contributed by atoms with van der Waals surface area (Å²) in [5, 5.41) is 8.70. The number of aromatic nitrogens is 2. The topological polar surface area (TPSA) is 88.3 Å². The first-order chi connectivity index (χ1) is 11.6. The van der Waals surface area contributed by atoms with Crippen LogP contribution in [0.15, 0.2) is 22.0 Å². The van der Waals surface area contributed by atoms with Crippen LogP contribution in [0, 0.1) is 5.92 Å². The van der Waals surface area contributed by atoms with Gasteiger partial charge < -0.3 is 14.7 Å². The van der Waals surface area contributed by atoms with E-state index in [1.807, 2.05) is 31.4 Å². The average Bonchev–Trinajstić information content (AvgIpc) is 3.23. The Morgan fingerprint density at radius 3 is 3.08 bits per heavy atom. The standard InChI is InChI=1S/C16H20N4O3S/c1-10(2)14-16(22)17-7-8-20(14)13(21)6-5-12-18-15(19-23-12)11-4-3-9-24-11/h3-4,9-10,14H,5-8H2,1-2H3,(H,17,22). The lowest BCUT2D eigenvalue weighted by molar-refractivity contribution is -0.145. The molecule has 1 saturated heterocycles. The third kappa shape index (κ3) is 3.48. The number of hydrogen-bond donors (Lipinski definition) is 1. The maximum Gasteiger partial charge on any atom is 0.243 e. The molecule has 0 spiro atoms. The van der Waals surface area contributed by atoms with Crippen molar-refractivity contribution in [3.8, 4) is 10.7 Å². The molecule has 1 atom stereocenters. The van der Waals surface area contributed by atoms with Gasteiger partial charge in [-0.15, -0.1) is 11.3 Å². The third-order valence-corrected chi connectivity index (χ3v) is 4.84. The van der Waals surface area contributed by atoms with E-state index < -0.39 is 6.04 Å². The summed E-state index contributed by atoms with van der Waals surface area (Å²) in [6.07, 6.45) is 0.628. The molecule has 7 nitrogen and oxygen atoms in total. The molecule has 1 fully saturated rings. The Kier molecular flexibility index (Phi) is 4.94. The molecule has 8 heteroatoms. The second-order valence-electron chi connectivity index (χ2n) is 6.06. The van der Waals surface area contributed by atoms with E-state index >= 15 is 0 Å². The molecule has 1 aliphatic rings. The van der Waals surface area contributed by atoms with E-state index in [-0.39, 0.29) is 24.2 Å². The van der Waals surface area contributed by atoms with Crippen LogP contribution < -0.4 is 5.32 Å². The Bertz CT molecular complexity index is 711. The highest BCUT2D eigenvalue weighted by atomic mass is 32.1. The minimum atomic E-state index is -0.407. The predicted molar refractivity (Wildman–Crippen MR) is 89.3 cm³/mol. The van der Waals surface area contributed by atoms with Crippen molar-refractivity contribution in [1.29, 1.82) is 0 Å². The van der Waals surface area contributed by atoms with Gasteiger partial charge in [0.1, 0.15) is 6.04 Å². The highest BCUT2D eigenvalue weighted by molar-refractivity contribution is 7.13. The maximum absolute atomic E-state index is 12.5. The lowest BCUT2D eigenvalue weighted by Gasteiger charge is -2.37. The summed E-state index contributed by atoms with van der Waals surface area (Å²) in [5.41, 5.74) is 0. The molecule has 1 N–H and O–H groups in total. The Hall–Kier alpha value is -2.22. The van der Waals surface area contributed by atoms with Crippen LogP contribution in [-0.2, 0) is 16.0 Å². The largest absolute Gasteiger partial charge is 0.353 e. The van der Waals surface area contributed by atoms with Gasteiger partial charge >= 0.3 is 0 Å². The van der Waals surface area contributed by atoms with Crippen LogP contribution in [0.3, 0.4) is 0 Å². The Morgan fingerprint density at radius 2 is 2.38 bits per heavy atom. The highest BCUT2D eigenvalue weighted by Crippen LogP contribution is 2.22. The molecule has 0 aliphatic carbocycles. The number of nitrogens with zero attached hydrogens (tertiary/aromatic N) is 3. The van der Waals surface area contributed by atoms with Crippen molar-refractivity contribution in [3.05, 3.63) is 23.4 Å². The van der Waals surface area contributed by atoms with E-state index in [0.717, 1.165) is 4.88 Å². The fraction of sp³-hybridized carbons (Fsp3) is 0.500. The van der Waals surface area contributed by atoms with Gasteiger partial charge in [-0.25, -0.2) is 0 Å². The van der Waals surface area contributed by atoms with Crippen molar-refractivity contribution in [3.63, 3.8) is 0 Å². The number of amides is 2. The average molecular weight is 348 g/mol. The number of carbonyl (C=O) groups is 2. The maximum atomic E-state index is 12.5. The molecule has 2 amide bonds. The normalized spacial score (nSPS) is 18.0. The zero-order chi connectivity index (χ0) is 17.1. The van der Waals surface area contributed by atoms with Crippen LogP contribution in [0.25, 0.3) is 10.7 Å². The molecule has 0 bridgehead atoms. The van der Waals surface area contributed by atoms with Gasteiger partial charge in [0.2, 0.25) is 23.5 Å². The first kappa shape index (κ1) is 16.6. The highest BCUT2D eigenvalue weighted by Gasteiger charge is 2.34. The van der Waals surface area contributed by atoms with E-state index in [0.29, 0.717) is 31.2 Å². The quantitative estimate of drug-likeness (QED) is 0.889. The van der Waals surface area contributed by atoms with Crippen molar-refractivity contribution in [2.45, 2.75) is 32.7 Å². The summed E-state index contributed by atoms with van der Waals surface area (Å²) < 4.78 is 5.22. The molecular weight excluding hydrogens is 328 g/mol. The SMILES string of the molecule is CC(C)C1C(=O)NCCN1C(=O)CCc1nc(-c2cccs2)no1. The number of nitrogens with one attached hydrogen (secondary N) is 1. The fourth-order valence-corrected chi connectivity index (χ4v) is 3.50. The molecule has 1 unspecified atom stereocenters. The van der Waals surface area contributed by atoms with E-state index in [9.17, 15) is 9.59 Å². The van der Waals surface area contributed by atoms with Gasteiger partial charge in [0.05, 0.1) is 4.88 Å². The van der Waals surface area contributed by atoms with Crippen LogP contribution in [0.4, 0.5) is 0 Å². The number of piperazine rings is 1. The molecule has 128 valence electrons. The fourth-order valence-electron chi connectivity index (χ4n) is 2.85. The molecule has 2 aromatic heterocycles. The predicted octanol–water partition coefficient (Wildman–Crippen LogP) is 1.71. The molecule has 0 saturated carbocycles. The zero-order valence-corrected chi connectivity index (χ0v) is 14.5. The zero-order valence-electron chi connectivity index (χ0n) is 13.7. The molecule has 24 heavy (non-hydrogen) atoms. The van der Waals surface area contributed by atoms with Crippen molar-refractivity contribution in [1.82, 2.24) is 20.4 Å². The van der Waals surface area contributed by atoms with E-state index in [1.54, 1.807) is 4.90 Å². The molecule has 0 aromatic carbocycles. The number of hydrogen-bond acceptors (Lipinski definition) is 6. The lowest BCUT2D eigenvalue weighted by atomic mass is 9.99. The van der Waals surface area contributed by atoms with Gasteiger partial charge in [-0.1, -0.05) is 25.1 Å². The van der Waals surface area contributed by atoms with Crippen LogP contribution >= 0.6 is 11.3 Å². The molecule has 3 heterocycles. The van der Waals surface area contributed by atoms with Gasteiger partial charge in [0.15, 0.2) is 0 Å². The smallest absolute Gasteiger partial charge is 0.243 e. The van der Waals surface area contributed by atoms with Crippen molar-refractivity contribution in [2.75, 3.05) is 13.1 Å². The van der Waals surface area contributed by atoms with Crippen LogP contribution in [0.5, 0.6) is 0 Å². The van der Waals surface area contributed by atoms with Gasteiger partial charge in [-0.05, 0) is 17.4 Å². The second-order valence-corrected chi connectivity index (χ2v) is 7.00. The lowest BCUT2D eigenvalue weighted by Crippen LogP contribution is -2.59. The summed E-state index contributed by atoms with van der Waals surface area (Å²) in [6, 6.07) is 3.44. The number of rotatable bonds is 5. The molecule has 3 rings (SSSR count). The van der Waals surface area contributed by atoms with Crippen LogP contribution in [0.2, 0.25) is 0 Å². The summed E-state index contributed by atoms with van der Waals surface area (Å²) >= 11 is 1.54. The second kappa shape index (κ2) is 7.12. The third-order valence-electron chi connectivity index (χ3n) is 3.97. The molecule has 1 aliphatic heterocycles. The number of thiophene rings is 1. The van der Waals surface area contributed by atoms with Crippen LogP contribution in [-0.4, -0.2) is 46.0 Å². The number of aryl methyl sites for hydroxylation is 1. The van der Waals surface area contributed by atoms with Crippen LogP contribution in [0.1, 0.15) is 26.2 Å². The van der Waals surface area contributed by atoms with Gasteiger partial charge in [0, 0.05) is 25.9 Å². The first-order valence-electron chi connectivity index (χ1n) is 8.00. The Labute approximate surface area is 144 Å². The minimum absolute atomic E-state index is 0.0561. The summed E-state index contributed by atoms with van der Waals surface area (Å²) in [4.78, 5) is 31.5. The monoisotopic (exact) mass is 348 g/mol. The van der Waals surface area contributed by atoms with E-state index in [2.05, 4.69) is 15.5 Å². The van der Waals surface area contributed by atoms with Crippen molar-refractivity contribution in [2.24, 2.45) is 5.92 Å². The summed E-state index contributed by atoms with van der Waals surface area (Å²) in [7, 11) is 0. The summed E-state index contributed by atoms with van der Waals surface area (Å²) in [6.45, 7) is 4.93. The summed E-state index contributed by atoms with van der Waals surface area (Å²) in [5.74, 6) is 0.920. The first-order valence-corrected chi connectivity index (χ1v) is 8.88. The number of carbonyl (C=O) groups excluding carboxylic acids is 2. The molecular formula is C16H20N4O3S. The Balaban J connectivity index is 1.61. The Morgan fingerprint density at radius 1 is 1.54 bits per heavy atom. The van der Waals surface area contributed by atoms with Gasteiger partial charge in [-0.3, -0.25) is 9.59 Å². The minimum Gasteiger partial charge on any atom is -0.353 e.